The Morgan fingerprint density at radius 1 is 1.06 bits per heavy atom. The van der Waals surface area contributed by atoms with Crippen molar-refractivity contribution < 1.29 is 14.3 Å². The number of ether oxygens (including phenoxy) is 1. The van der Waals surface area contributed by atoms with E-state index in [0.717, 1.165) is 37.6 Å². The topological polar surface area (TPSA) is 79.7 Å². The summed E-state index contributed by atoms with van der Waals surface area (Å²) >= 11 is 0. The van der Waals surface area contributed by atoms with Crippen molar-refractivity contribution in [3.05, 3.63) is 78.4 Å². The maximum atomic E-state index is 12.7. The Hall–Kier alpha value is -3.65. The minimum absolute atomic E-state index is 0.0269. The number of hydrogen-bond donors (Lipinski definition) is 1. The molecule has 1 fully saturated rings. The molecule has 0 radical (unpaired) electrons. The van der Waals surface area contributed by atoms with Crippen molar-refractivity contribution in [1.29, 1.82) is 0 Å². The molecule has 1 saturated heterocycles. The number of nitrogens with one attached hydrogen (secondary N) is 1. The van der Waals surface area contributed by atoms with Gasteiger partial charge in [-0.25, -0.2) is 4.98 Å². The van der Waals surface area contributed by atoms with Gasteiger partial charge in [-0.1, -0.05) is 12.1 Å². The van der Waals surface area contributed by atoms with Gasteiger partial charge in [0.1, 0.15) is 0 Å². The number of aromatic nitrogens is 2. The number of nitrogens with zero attached hydrogens (tertiary/aromatic N) is 4. The smallest absolute Gasteiger partial charge is 0.254 e. The summed E-state index contributed by atoms with van der Waals surface area (Å²) in [5.41, 5.74) is 3.43. The lowest BCUT2D eigenvalue weighted by Crippen LogP contribution is -2.36. The SMILES string of the molecule is CN(CC(=O)Nc1ccc(N2CCOCC2)cc1)C(=O)c1ccc(Cn2ccnc2)cc1. The van der Waals surface area contributed by atoms with E-state index in [9.17, 15) is 9.59 Å². The molecule has 0 unspecified atom stereocenters. The average Bonchev–Trinajstić information content (AvgIpc) is 3.33. The average molecular weight is 434 g/mol. The summed E-state index contributed by atoms with van der Waals surface area (Å²) in [6.07, 6.45) is 5.37. The van der Waals surface area contributed by atoms with E-state index in [1.165, 1.54) is 4.90 Å². The summed E-state index contributed by atoms with van der Waals surface area (Å²) in [4.78, 5) is 32.8. The fraction of sp³-hybridized carbons (Fsp3) is 0.292. The summed E-state index contributed by atoms with van der Waals surface area (Å²) in [7, 11) is 1.63. The number of hydrogen-bond acceptors (Lipinski definition) is 5. The van der Waals surface area contributed by atoms with Gasteiger partial charge in [-0.05, 0) is 42.0 Å². The first-order valence-electron chi connectivity index (χ1n) is 10.6. The molecule has 2 heterocycles. The van der Waals surface area contributed by atoms with E-state index in [1.54, 1.807) is 31.7 Å². The van der Waals surface area contributed by atoms with Gasteiger partial charge in [0, 0.05) is 56.0 Å². The standard InChI is InChI=1S/C24H27N5O3/c1-27(24(31)20-4-2-19(3-5-20)16-28-11-10-25-18-28)17-23(30)26-21-6-8-22(9-7-21)29-12-14-32-15-13-29/h2-11,18H,12-17H2,1H3,(H,26,30). The van der Waals surface area contributed by atoms with Crippen LogP contribution in [0.5, 0.6) is 0 Å². The number of morpholine rings is 1. The zero-order chi connectivity index (χ0) is 22.3. The highest BCUT2D eigenvalue weighted by Gasteiger charge is 2.16. The number of anilines is 2. The third-order valence-corrected chi connectivity index (χ3v) is 5.38. The van der Waals surface area contributed by atoms with Gasteiger partial charge in [-0.2, -0.15) is 0 Å². The third-order valence-electron chi connectivity index (χ3n) is 5.38. The van der Waals surface area contributed by atoms with Crippen LogP contribution in [0.1, 0.15) is 15.9 Å². The number of rotatable bonds is 7. The highest BCUT2D eigenvalue weighted by atomic mass is 16.5. The minimum atomic E-state index is -0.239. The Morgan fingerprint density at radius 2 is 1.78 bits per heavy atom. The lowest BCUT2D eigenvalue weighted by Gasteiger charge is -2.28. The van der Waals surface area contributed by atoms with Crippen LogP contribution < -0.4 is 10.2 Å². The first kappa shape index (κ1) is 21.6. The Morgan fingerprint density at radius 3 is 2.44 bits per heavy atom. The molecule has 8 nitrogen and oxygen atoms in total. The van der Waals surface area contributed by atoms with Crippen LogP contribution >= 0.6 is 0 Å². The van der Waals surface area contributed by atoms with Crippen molar-refractivity contribution in [1.82, 2.24) is 14.5 Å². The van der Waals surface area contributed by atoms with Crippen LogP contribution in [0.2, 0.25) is 0 Å². The zero-order valence-corrected chi connectivity index (χ0v) is 18.1. The van der Waals surface area contributed by atoms with Gasteiger partial charge in [0.2, 0.25) is 5.91 Å². The van der Waals surface area contributed by atoms with E-state index in [-0.39, 0.29) is 18.4 Å². The van der Waals surface area contributed by atoms with Crippen LogP contribution in [0.4, 0.5) is 11.4 Å². The molecule has 32 heavy (non-hydrogen) atoms. The van der Waals surface area contributed by atoms with Gasteiger partial charge in [0.15, 0.2) is 0 Å². The van der Waals surface area contributed by atoms with Gasteiger partial charge < -0.3 is 24.4 Å². The zero-order valence-electron chi connectivity index (χ0n) is 18.1. The predicted octanol–water partition coefficient (Wildman–Crippen LogP) is 2.48. The molecule has 3 aromatic rings. The molecule has 1 aliphatic rings. The van der Waals surface area contributed by atoms with Crippen LogP contribution in [0.15, 0.2) is 67.3 Å². The lowest BCUT2D eigenvalue weighted by molar-refractivity contribution is -0.116. The molecular weight excluding hydrogens is 406 g/mol. The van der Waals surface area contributed by atoms with Crippen molar-refractivity contribution in [2.75, 3.05) is 50.1 Å². The van der Waals surface area contributed by atoms with Crippen molar-refractivity contribution in [3.8, 4) is 0 Å². The van der Waals surface area contributed by atoms with Crippen LogP contribution in [0.25, 0.3) is 0 Å². The van der Waals surface area contributed by atoms with E-state index in [2.05, 4.69) is 15.2 Å². The highest BCUT2D eigenvalue weighted by Crippen LogP contribution is 2.19. The maximum Gasteiger partial charge on any atom is 0.254 e. The molecule has 166 valence electrons. The Labute approximate surface area is 187 Å². The molecule has 0 aliphatic carbocycles. The van der Waals surface area contributed by atoms with Crippen molar-refractivity contribution in [3.63, 3.8) is 0 Å². The summed E-state index contributed by atoms with van der Waals surface area (Å²) in [5, 5.41) is 2.86. The van der Waals surface area contributed by atoms with Gasteiger partial charge in [0.25, 0.3) is 5.91 Å². The van der Waals surface area contributed by atoms with E-state index in [0.29, 0.717) is 17.8 Å². The summed E-state index contributed by atoms with van der Waals surface area (Å²) < 4.78 is 7.34. The second kappa shape index (κ2) is 10.1. The van der Waals surface area contributed by atoms with Crippen molar-refractivity contribution >= 4 is 23.2 Å². The second-order valence-electron chi connectivity index (χ2n) is 7.79. The summed E-state index contributed by atoms with van der Waals surface area (Å²) in [6.45, 7) is 3.85. The number of benzene rings is 2. The lowest BCUT2D eigenvalue weighted by atomic mass is 10.1. The first-order chi connectivity index (χ1) is 15.6. The highest BCUT2D eigenvalue weighted by molar-refractivity contribution is 5.99. The maximum absolute atomic E-state index is 12.7. The number of likely N-dealkylation sites (N-methyl/N-ethyl adjacent to an activating group) is 1. The molecule has 1 N–H and O–H groups in total. The third kappa shape index (κ3) is 5.53. The predicted molar refractivity (Wildman–Crippen MR) is 123 cm³/mol. The summed E-state index contributed by atoms with van der Waals surface area (Å²) in [5.74, 6) is -0.436. The van der Waals surface area contributed by atoms with Crippen LogP contribution in [-0.4, -0.2) is 66.2 Å². The minimum Gasteiger partial charge on any atom is -0.378 e. The Kier molecular flexibility index (Phi) is 6.81. The second-order valence-corrected chi connectivity index (χ2v) is 7.79. The molecule has 4 rings (SSSR count). The van der Waals surface area contributed by atoms with E-state index >= 15 is 0 Å². The largest absolute Gasteiger partial charge is 0.378 e. The molecule has 0 spiro atoms. The number of imidazole rings is 1. The number of carbonyl (C=O) groups excluding carboxylic acids is 2. The molecule has 0 bridgehead atoms. The first-order valence-corrected chi connectivity index (χ1v) is 10.6. The quantitative estimate of drug-likeness (QED) is 0.619. The van der Waals surface area contributed by atoms with E-state index < -0.39 is 0 Å². The molecule has 0 atom stereocenters. The van der Waals surface area contributed by atoms with E-state index in [4.69, 9.17) is 4.74 Å². The van der Waals surface area contributed by atoms with Crippen molar-refractivity contribution in [2.45, 2.75) is 6.54 Å². The van der Waals surface area contributed by atoms with E-state index in [1.807, 2.05) is 47.2 Å². The molecule has 1 aliphatic heterocycles. The number of carbonyl (C=O) groups is 2. The fourth-order valence-electron chi connectivity index (χ4n) is 3.63. The van der Waals surface area contributed by atoms with Gasteiger partial charge >= 0.3 is 0 Å². The molecule has 0 saturated carbocycles. The monoisotopic (exact) mass is 433 g/mol. The fourth-order valence-corrected chi connectivity index (χ4v) is 3.63. The van der Waals surface area contributed by atoms with Crippen LogP contribution in [0.3, 0.4) is 0 Å². The molecule has 2 amide bonds. The van der Waals surface area contributed by atoms with Gasteiger partial charge in [-0.3, -0.25) is 9.59 Å². The van der Waals surface area contributed by atoms with Crippen LogP contribution in [0, 0.1) is 0 Å². The van der Waals surface area contributed by atoms with Crippen LogP contribution in [-0.2, 0) is 16.1 Å². The molecule has 8 heteroatoms. The van der Waals surface area contributed by atoms with Gasteiger partial charge in [0.05, 0.1) is 26.1 Å². The van der Waals surface area contributed by atoms with Crippen molar-refractivity contribution in [2.24, 2.45) is 0 Å². The molecular formula is C24H27N5O3. The Balaban J connectivity index is 1.28. The Bertz CT molecular complexity index is 1030. The van der Waals surface area contributed by atoms with Gasteiger partial charge in [-0.15, -0.1) is 0 Å². The molecule has 1 aromatic heterocycles. The molecule has 2 aromatic carbocycles. The normalized spacial score (nSPS) is 13.6. The summed E-state index contributed by atoms with van der Waals surface area (Å²) in [6, 6.07) is 15.1. The number of amides is 2.